The van der Waals surface area contributed by atoms with Gasteiger partial charge < -0.3 is 29.7 Å². The van der Waals surface area contributed by atoms with Crippen molar-refractivity contribution in [1.29, 1.82) is 0 Å². The molecule has 202 valence electrons. The van der Waals surface area contributed by atoms with Gasteiger partial charge in [0.25, 0.3) is 0 Å². The van der Waals surface area contributed by atoms with Gasteiger partial charge in [-0.2, -0.15) is 0 Å². The number of carbonyl (C=O) groups excluding carboxylic acids is 4. The third-order valence-corrected chi connectivity index (χ3v) is 6.25. The van der Waals surface area contributed by atoms with Crippen molar-refractivity contribution >= 4 is 29.8 Å². The largest absolute Gasteiger partial charge is 0.474 e. The van der Waals surface area contributed by atoms with E-state index in [9.17, 15) is 19.2 Å². The van der Waals surface area contributed by atoms with Gasteiger partial charge >= 0.3 is 12.1 Å². The molecule has 0 radical (unpaired) electrons. The molecule has 11 nitrogen and oxygen atoms in total. The number of nitrogens with one attached hydrogen (secondary N) is 2. The van der Waals surface area contributed by atoms with Crippen molar-refractivity contribution in [1.82, 2.24) is 15.5 Å². The Morgan fingerprint density at radius 3 is 2.59 bits per heavy atom. The number of rotatable bonds is 10. The van der Waals surface area contributed by atoms with E-state index in [0.717, 1.165) is 5.56 Å². The summed E-state index contributed by atoms with van der Waals surface area (Å²) < 4.78 is 15.6. The molecule has 4 atom stereocenters. The number of ether oxygens (including phenoxy) is 3. The Kier molecular flexibility index (Phi) is 9.87. The van der Waals surface area contributed by atoms with Crippen molar-refractivity contribution in [3.8, 4) is 0 Å². The standard InChI is InChI=1S/C26H36N4O7/c1-16(2)13-19(28-26(34)36-15-18-9-6-5-7-10-18)24(32)30-12-8-11-20(30)23(31)27-14-21-29-22(17(3)37-21)25(33)35-4/h5-7,9-10,16-17,19-20,22H,8,11-15H2,1-4H3,(H,27,31)(H,28,34)/t17-,19+,20+,22+/m1/s1. The van der Waals surface area contributed by atoms with Crippen LogP contribution in [-0.2, 0) is 35.2 Å². The molecule has 0 spiro atoms. The Labute approximate surface area is 216 Å². The Morgan fingerprint density at radius 1 is 1.19 bits per heavy atom. The highest BCUT2D eigenvalue weighted by molar-refractivity contribution is 5.94. The third kappa shape index (κ3) is 7.68. The van der Waals surface area contributed by atoms with Crippen LogP contribution in [0.4, 0.5) is 4.79 Å². The summed E-state index contributed by atoms with van der Waals surface area (Å²) in [5.74, 6) is -0.821. The summed E-state index contributed by atoms with van der Waals surface area (Å²) in [6, 6.07) is 6.99. The van der Waals surface area contributed by atoms with E-state index in [4.69, 9.17) is 14.2 Å². The second-order valence-corrected chi connectivity index (χ2v) is 9.61. The SMILES string of the molecule is COC(=O)[C@H]1N=C(CNC(=O)[C@@H]2CCCN2C(=O)[C@H](CC(C)C)NC(=O)OCc2ccccc2)O[C@@H]1C. The summed E-state index contributed by atoms with van der Waals surface area (Å²) in [6.45, 7) is 6.10. The summed E-state index contributed by atoms with van der Waals surface area (Å²) in [7, 11) is 1.28. The van der Waals surface area contributed by atoms with Crippen LogP contribution in [0, 0.1) is 5.92 Å². The van der Waals surface area contributed by atoms with Gasteiger partial charge in [-0.15, -0.1) is 0 Å². The first-order valence-electron chi connectivity index (χ1n) is 12.6. The van der Waals surface area contributed by atoms with Crippen molar-refractivity contribution in [3.63, 3.8) is 0 Å². The molecule has 3 rings (SSSR count). The van der Waals surface area contributed by atoms with Gasteiger partial charge in [0, 0.05) is 6.54 Å². The van der Waals surface area contributed by atoms with E-state index in [-0.39, 0.29) is 36.8 Å². The zero-order valence-electron chi connectivity index (χ0n) is 21.8. The molecule has 3 amide bonds. The minimum absolute atomic E-state index is 0.00528. The van der Waals surface area contributed by atoms with Gasteiger partial charge in [-0.3, -0.25) is 9.59 Å². The first-order valence-corrected chi connectivity index (χ1v) is 12.6. The highest BCUT2D eigenvalue weighted by Gasteiger charge is 2.39. The fourth-order valence-corrected chi connectivity index (χ4v) is 4.41. The molecular formula is C26H36N4O7. The number of benzene rings is 1. The fraction of sp³-hybridized carbons (Fsp3) is 0.577. The molecule has 0 unspecified atom stereocenters. The highest BCUT2D eigenvalue weighted by Crippen LogP contribution is 2.21. The van der Waals surface area contributed by atoms with E-state index in [1.807, 2.05) is 44.2 Å². The van der Waals surface area contributed by atoms with Crippen LogP contribution in [-0.4, -0.2) is 79.1 Å². The minimum atomic E-state index is -0.819. The molecule has 1 aromatic rings. The lowest BCUT2D eigenvalue weighted by Crippen LogP contribution is -2.54. The topological polar surface area (TPSA) is 136 Å². The van der Waals surface area contributed by atoms with Crippen molar-refractivity contribution in [2.45, 2.75) is 70.9 Å². The van der Waals surface area contributed by atoms with E-state index in [1.54, 1.807) is 6.92 Å². The highest BCUT2D eigenvalue weighted by atomic mass is 16.5. The van der Waals surface area contributed by atoms with E-state index in [1.165, 1.54) is 12.0 Å². The molecule has 0 saturated carbocycles. The maximum Gasteiger partial charge on any atom is 0.408 e. The lowest BCUT2D eigenvalue weighted by atomic mass is 10.0. The van der Waals surface area contributed by atoms with Gasteiger partial charge in [0.1, 0.15) is 24.8 Å². The Morgan fingerprint density at radius 2 is 1.92 bits per heavy atom. The molecule has 0 aliphatic carbocycles. The molecule has 2 heterocycles. The first kappa shape index (κ1) is 27.9. The van der Waals surface area contributed by atoms with Crippen LogP contribution in [0.5, 0.6) is 0 Å². The van der Waals surface area contributed by atoms with Crippen LogP contribution < -0.4 is 10.6 Å². The van der Waals surface area contributed by atoms with Crippen molar-refractivity contribution < 1.29 is 33.4 Å². The number of likely N-dealkylation sites (tertiary alicyclic amines) is 1. The molecule has 37 heavy (non-hydrogen) atoms. The number of aliphatic imine (C=N–C) groups is 1. The Bertz CT molecular complexity index is 998. The van der Waals surface area contributed by atoms with Gasteiger partial charge in [0.05, 0.1) is 13.7 Å². The van der Waals surface area contributed by atoms with Crippen LogP contribution in [0.15, 0.2) is 35.3 Å². The number of methoxy groups -OCH3 is 1. The number of nitrogens with zero attached hydrogens (tertiary/aromatic N) is 2. The van der Waals surface area contributed by atoms with Crippen LogP contribution >= 0.6 is 0 Å². The molecule has 1 saturated heterocycles. The quantitative estimate of drug-likeness (QED) is 0.453. The third-order valence-electron chi connectivity index (χ3n) is 6.25. The zero-order valence-corrected chi connectivity index (χ0v) is 21.8. The Balaban J connectivity index is 1.58. The molecule has 1 aromatic carbocycles. The number of carbonyl (C=O) groups is 4. The minimum Gasteiger partial charge on any atom is -0.474 e. The first-order chi connectivity index (χ1) is 17.7. The zero-order chi connectivity index (χ0) is 26.9. The van der Waals surface area contributed by atoms with Gasteiger partial charge in [-0.1, -0.05) is 44.2 Å². The van der Waals surface area contributed by atoms with Crippen LogP contribution in [0.2, 0.25) is 0 Å². The predicted octanol–water partition coefficient (Wildman–Crippen LogP) is 1.79. The molecular weight excluding hydrogens is 480 g/mol. The van der Waals surface area contributed by atoms with Crippen LogP contribution in [0.25, 0.3) is 0 Å². The predicted molar refractivity (Wildman–Crippen MR) is 135 cm³/mol. The average Bonchev–Trinajstić information content (AvgIpc) is 3.52. The molecule has 2 aliphatic rings. The molecule has 1 fully saturated rings. The van der Waals surface area contributed by atoms with Gasteiger partial charge in [0.2, 0.25) is 17.7 Å². The van der Waals surface area contributed by atoms with Gasteiger partial charge in [0.15, 0.2) is 6.04 Å². The van der Waals surface area contributed by atoms with E-state index < -0.39 is 36.3 Å². The van der Waals surface area contributed by atoms with E-state index in [0.29, 0.717) is 25.8 Å². The van der Waals surface area contributed by atoms with Crippen molar-refractivity contribution in [3.05, 3.63) is 35.9 Å². The summed E-state index contributed by atoms with van der Waals surface area (Å²) in [6.07, 6.45) is 0.387. The second-order valence-electron chi connectivity index (χ2n) is 9.61. The lowest BCUT2D eigenvalue weighted by molar-refractivity contribution is -0.143. The van der Waals surface area contributed by atoms with E-state index >= 15 is 0 Å². The van der Waals surface area contributed by atoms with Gasteiger partial charge in [-0.25, -0.2) is 14.6 Å². The number of hydrogen-bond acceptors (Lipinski definition) is 8. The number of esters is 1. The monoisotopic (exact) mass is 516 g/mol. The lowest BCUT2D eigenvalue weighted by Gasteiger charge is -2.29. The normalized spacial score (nSPS) is 21.6. The summed E-state index contributed by atoms with van der Waals surface area (Å²) in [4.78, 5) is 56.4. The average molecular weight is 517 g/mol. The van der Waals surface area contributed by atoms with E-state index in [2.05, 4.69) is 15.6 Å². The summed E-state index contributed by atoms with van der Waals surface area (Å²) in [5, 5.41) is 5.45. The molecule has 2 N–H and O–H groups in total. The maximum absolute atomic E-state index is 13.4. The van der Waals surface area contributed by atoms with Crippen LogP contribution in [0.1, 0.15) is 45.6 Å². The number of alkyl carbamates (subject to hydrolysis) is 1. The number of hydrogen-bond donors (Lipinski definition) is 2. The van der Waals surface area contributed by atoms with Crippen molar-refractivity contribution in [2.75, 3.05) is 20.2 Å². The smallest absolute Gasteiger partial charge is 0.408 e. The van der Waals surface area contributed by atoms with Crippen molar-refractivity contribution in [2.24, 2.45) is 10.9 Å². The maximum atomic E-state index is 13.4. The molecule has 2 aliphatic heterocycles. The van der Waals surface area contributed by atoms with Crippen LogP contribution in [0.3, 0.4) is 0 Å². The molecule has 11 heteroatoms. The van der Waals surface area contributed by atoms with Gasteiger partial charge in [-0.05, 0) is 37.7 Å². The summed E-state index contributed by atoms with van der Waals surface area (Å²) in [5.41, 5.74) is 0.837. The molecule has 0 bridgehead atoms. The fourth-order valence-electron chi connectivity index (χ4n) is 4.41. The number of amides is 3. The second kappa shape index (κ2) is 13.1. The molecule has 0 aromatic heterocycles. The Hall–Kier alpha value is -3.63. The summed E-state index contributed by atoms with van der Waals surface area (Å²) >= 11 is 0.